The van der Waals surface area contributed by atoms with E-state index < -0.39 is 6.09 Å². The number of carbonyl (C=O) groups excluding carboxylic acids is 2. The number of likely N-dealkylation sites (tertiary alicyclic amines) is 1. The molecule has 1 atom stereocenters. The predicted octanol–water partition coefficient (Wildman–Crippen LogP) is 1.61. The number of hydrogen-bond acceptors (Lipinski definition) is 5. The molecule has 0 bridgehead atoms. The molecule has 0 aliphatic carbocycles. The second-order valence-corrected chi connectivity index (χ2v) is 5.47. The Morgan fingerprint density at radius 1 is 1.61 bits per heavy atom. The average molecular weight is 286 g/mol. The van der Waals surface area contributed by atoms with Gasteiger partial charge in [-0.1, -0.05) is 0 Å². The Bertz CT molecular complexity index is 461. The first-order valence-corrected chi connectivity index (χ1v) is 6.84. The van der Waals surface area contributed by atoms with Crippen LogP contribution in [-0.2, 0) is 4.74 Å². The van der Waals surface area contributed by atoms with Crippen LogP contribution in [0.1, 0.15) is 16.1 Å². The van der Waals surface area contributed by atoms with Gasteiger partial charge in [-0.25, -0.2) is 4.79 Å². The van der Waals surface area contributed by atoms with E-state index in [1.54, 1.807) is 11.0 Å². The van der Waals surface area contributed by atoms with Crippen molar-refractivity contribution >= 4 is 36.0 Å². The third-order valence-electron chi connectivity index (χ3n) is 2.78. The zero-order valence-electron chi connectivity index (χ0n) is 9.88. The van der Waals surface area contributed by atoms with Crippen molar-refractivity contribution in [3.8, 4) is 0 Å². The van der Waals surface area contributed by atoms with Crippen LogP contribution in [-0.4, -0.2) is 43.1 Å². The summed E-state index contributed by atoms with van der Waals surface area (Å²) < 4.78 is 4.53. The molecule has 0 saturated carbocycles. The molecule has 1 aromatic rings. The zero-order valence-corrected chi connectivity index (χ0v) is 11.6. The summed E-state index contributed by atoms with van der Waals surface area (Å²) in [4.78, 5) is 26.4. The average Bonchev–Trinajstić information content (AvgIpc) is 2.97. The molecule has 2 amide bonds. The van der Waals surface area contributed by atoms with Crippen molar-refractivity contribution in [2.45, 2.75) is 17.4 Å². The van der Waals surface area contributed by atoms with E-state index in [-0.39, 0.29) is 11.9 Å². The van der Waals surface area contributed by atoms with E-state index in [0.717, 1.165) is 11.3 Å². The van der Waals surface area contributed by atoms with Crippen molar-refractivity contribution in [2.75, 3.05) is 20.2 Å². The highest BCUT2D eigenvalue weighted by Crippen LogP contribution is 2.21. The Kier molecular flexibility index (Phi) is 4.13. The van der Waals surface area contributed by atoms with Gasteiger partial charge in [0.2, 0.25) is 0 Å². The van der Waals surface area contributed by atoms with Gasteiger partial charge in [0.25, 0.3) is 5.91 Å². The molecule has 2 heterocycles. The Balaban J connectivity index is 1.92. The second kappa shape index (κ2) is 5.62. The van der Waals surface area contributed by atoms with Crippen molar-refractivity contribution in [3.05, 3.63) is 16.3 Å². The van der Waals surface area contributed by atoms with Crippen molar-refractivity contribution in [1.82, 2.24) is 10.2 Å². The lowest BCUT2D eigenvalue weighted by atomic mass is 10.3. The molecule has 2 rings (SSSR count). The molecule has 5 nitrogen and oxygen atoms in total. The molecular weight excluding hydrogens is 272 g/mol. The molecule has 1 fully saturated rings. The maximum absolute atomic E-state index is 12.1. The molecule has 18 heavy (non-hydrogen) atoms. The van der Waals surface area contributed by atoms with Gasteiger partial charge in [0, 0.05) is 23.4 Å². The van der Waals surface area contributed by atoms with Crippen molar-refractivity contribution in [1.29, 1.82) is 0 Å². The summed E-state index contributed by atoms with van der Waals surface area (Å²) in [7, 11) is 1.33. The molecule has 1 aromatic heterocycles. The van der Waals surface area contributed by atoms with Crippen LogP contribution >= 0.6 is 24.0 Å². The summed E-state index contributed by atoms with van der Waals surface area (Å²) in [6.07, 6.45) is 0.294. The first-order chi connectivity index (χ1) is 8.60. The van der Waals surface area contributed by atoms with Gasteiger partial charge < -0.3 is 15.0 Å². The smallest absolute Gasteiger partial charge is 0.407 e. The van der Waals surface area contributed by atoms with Gasteiger partial charge in [0.1, 0.15) is 0 Å². The number of alkyl carbamates (subject to hydrolysis) is 1. The van der Waals surface area contributed by atoms with Gasteiger partial charge in [-0.2, -0.15) is 0 Å². The highest BCUT2D eigenvalue weighted by atomic mass is 32.1. The van der Waals surface area contributed by atoms with Crippen LogP contribution in [0.2, 0.25) is 0 Å². The van der Waals surface area contributed by atoms with Crippen LogP contribution in [0.15, 0.2) is 16.3 Å². The minimum Gasteiger partial charge on any atom is -0.453 e. The predicted molar refractivity (Wildman–Crippen MR) is 71.4 cm³/mol. The summed E-state index contributed by atoms with van der Waals surface area (Å²) in [5.41, 5.74) is 0. The summed E-state index contributed by atoms with van der Waals surface area (Å²) in [5, 5.41) is 4.53. The van der Waals surface area contributed by atoms with E-state index in [0.29, 0.717) is 18.0 Å². The number of nitrogens with zero attached hydrogens (tertiary/aromatic N) is 1. The molecular formula is C11H14N2O3S2. The summed E-state index contributed by atoms with van der Waals surface area (Å²) >= 11 is 5.57. The molecule has 1 N–H and O–H groups in total. The number of hydrogen-bond donors (Lipinski definition) is 2. The quantitative estimate of drug-likeness (QED) is 0.812. The topological polar surface area (TPSA) is 58.6 Å². The van der Waals surface area contributed by atoms with Crippen LogP contribution in [0, 0.1) is 0 Å². The van der Waals surface area contributed by atoms with Gasteiger partial charge >= 0.3 is 6.09 Å². The van der Waals surface area contributed by atoms with E-state index in [1.165, 1.54) is 18.4 Å². The minimum atomic E-state index is -0.455. The highest BCUT2D eigenvalue weighted by Gasteiger charge is 2.28. The van der Waals surface area contributed by atoms with Gasteiger partial charge in [0.15, 0.2) is 0 Å². The van der Waals surface area contributed by atoms with E-state index in [1.807, 2.05) is 5.38 Å². The van der Waals surface area contributed by atoms with Crippen molar-refractivity contribution < 1.29 is 14.3 Å². The van der Waals surface area contributed by atoms with E-state index in [9.17, 15) is 9.59 Å². The maximum atomic E-state index is 12.1. The Labute approximate surface area is 115 Å². The number of nitrogens with one attached hydrogen (secondary N) is 1. The lowest BCUT2D eigenvalue weighted by molar-refractivity contribution is 0.0792. The first-order valence-electron chi connectivity index (χ1n) is 5.51. The van der Waals surface area contributed by atoms with Gasteiger partial charge in [-0.05, 0) is 12.5 Å². The number of methoxy groups -OCH3 is 1. The van der Waals surface area contributed by atoms with Crippen LogP contribution in [0.5, 0.6) is 0 Å². The zero-order chi connectivity index (χ0) is 13.1. The molecule has 0 spiro atoms. The van der Waals surface area contributed by atoms with Crippen LogP contribution in [0.25, 0.3) is 0 Å². The number of carbonyl (C=O) groups is 2. The van der Waals surface area contributed by atoms with Crippen molar-refractivity contribution in [3.63, 3.8) is 0 Å². The van der Waals surface area contributed by atoms with Gasteiger partial charge in [0.05, 0.1) is 18.0 Å². The highest BCUT2D eigenvalue weighted by molar-refractivity contribution is 7.80. The molecule has 7 heteroatoms. The number of thiol groups is 1. The van der Waals surface area contributed by atoms with Crippen molar-refractivity contribution in [2.24, 2.45) is 0 Å². The fourth-order valence-electron chi connectivity index (χ4n) is 1.88. The maximum Gasteiger partial charge on any atom is 0.407 e. The fraction of sp³-hybridized carbons (Fsp3) is 0.455. The molecule has 1 aliphatic rings. The second-order valence-electron chi connectivity index (χ2n) is 4.04. The van der Waals surface area contributed by atoms with Crippen LogP contribution in [0.3, 0.4) is 0 Å². The van der Waals surface area contributed by atoms with E-state index in [4.69, 9.17) is 0 Å². The number of ether oxygens (including phenoxy) is 1. The third-order valence-corrected chi connectivity index (χ3v) is 4.13. The standard InChI is InChI=1S/C11H14N2O3S2/c1-16-11(15)12-7-2-3-13(5-7)10(14)9-4-8(17)6-18-9/h4,6-7,17H,2-3,5H2,1H3,(H,12,15). The van der Waals surface area contributed by atoms with Gasteiger partial charge in [-0.3, -0.25) is 4.79 Å². The van der Waals surface area contributed by atoms with Crippen LogP contribution < -0.4 is 5.32 Å². The normalized spacial score (nSPS) is 18.8. The molecule has 0 radical (unpaired) electrons. The van der Waals surface area contributed by atoms with E-state index in [2.05, 4.69) is 22.7 Å². The van der Waals surface area contributed by atoms with Crippen LogP contribution in [0.4, 0.5) is 4.79 Å². The van der Waals surface area contributed by atoms with Gasteiger partial charge in [-0.15, -0.1) is 24.0 Å². The molecule has 0 aromatic carbocycles. The summed E-state index contributed by atoms with van der Waals surface area (Å²) in [5.74, 6) is -0.00512. The lowest BCUT2D eigenvalue weighted by Gasteiger charge is -2.15. The molecule has 1 saturated heterocycles. The molecule has 1 unspecified atom stereocenters. The SMILES string of the molecule is COC(=O)NC1CCN(C(=O)c2cc(S)cs2)C1. The Hall–Kier alpha value is -1.21. The monoisotopic (exact) mass is 286 g/mol. The minimum absolute atomic E-state index is 0.00512. The Morgan fingerprint density at radius 2 is 2.39 bits per heavy atom. The molecule has 98 valence electrons. The lowest BCUT2D eigenvalue weighted by Crippen LogP contribution is -2.38. The summed E-state index contributed by atoms with van der Waals surface area (Å²) in [6, 6.07) is 1.73. The Morgan fingerprint density at radius 3 is 3.00 bits per heavy atom. The fourth-order valence-corrected chi connectivity index (χ4v) is 3.00. The number of thiophene rings is 1. The summed E-state index contributed by atoms with van der Waals surface area (Å²) in [6.45, 7) is 1.17. The third kappa shape index (κ3) is 2.97. The number of rotatable bonds is 2. The molecule has 1 aliphatic heterocycles. The first kappa shape index (κ1) is 13.2. The van der Waals surface area contributed by atoms with E-state index >= 15 is 0 Å². The largest absolute Gasteiger partial charge is 0.453 e. The number of amides is 2.